The van der Waals surface area contributed by atoms with Crippen LogP contribution in [0.4, 0.5) is 4.79 Å². The van der Waals surface area contributed by atoms with Crippen LogP contribution in [0.25, 0.3) is 0 Å². The number of aliphatic hydroxyl groups is 1. The summed E-state index contributed by atoms with van der Waals surface area (Å²) in [5.74, 6) is 0. The fourth-order valence-corrected chi connectivity index (χ4v) is 1.50. The van der Waals surface area contributed by atoms with Gasteiger partial charge in [0.05, 0.1) is 6.61 Å². The number of hydrogen-bond donors (Lipinski definition) is 2. The van der Waals surface area contributed by atoms with Crippen LogP contribution in [-0.2, 0) is 11.2 Å². The molecule has 0 aromatic heterocycles. The molecule has 1 amide bonds. The van der Waals surface area contributed by atoms with E-state index in [2.05, 4.69) is 42.6 Å². The van der Waals surface area contributed by atoms with Crippen molar-refractivity contribution in [3.63, 3.8) is 0 Å². The second-order valence-electron chi connectivity index (χ2n) is 5.74. The molecule has 4 nitrogen and oxygen atoms in total. The minimum absolute atomic E-state index is 0.0702. The van der Waals surface area contributed by atoms with Crippen molar-refractivity contribution >= 4 is 6.09 Å². The highest BCUT2D eigenvalue weighted by atomic mass is 16.6. The zero-order chi connectivity index (χ0) is 20.1. The number of aliphatic hydroxyl groups excluding tert-OH is 1. The van der Waals surface area contributed by atoms with Crippen molar-refractivity contribution in [3.05, 3.63) is 35.9 Å². The van der Waals surface area contributed by atoms with Gasteiger partial charge in [-0.25, -0.2) is 4.79 Å². The van der Waals surface area contributed by atoms with Crippen LogP contribution < -0.4 is 5.32 Å². The summed E-state index contributed by atoms with van der Waals surface area (Å²) in [5, 5.41) is 10.7. The number of rotatable bonds is 5. The summed E-state index contributed by atoms with van der Waals surface area (Å²) in [6, 6.07) is 10.6. The third-order valence-corrected chi connectivity index (χ3v) is 2.44. The van der Waals surface area contributed by atoms with Crippen LogP contribution in [0, 0.1) is 0 Å². The first-order valence-electron chi connectivity index (χ1n) is 9.50. The molecule has 4 heteroatoms. The molecule has 0 aliphatic carbocycles. The number of unbranched alkanes of at least 4 members (excludes halogenated alkanes) is 1. The smallest absolute Gasteiger partial charge is 0.407 e. The Balaban J connectivity index is -0.000000323. The second-order valence-corrected chi connectivity index (χ2v) is 5.74. The van der Waals surface area contributed by atoms with E-state index in [9.17, 15) is 4.79 Å². The van der Waals surface area contributed by atoms with Crippen LogP contribution in [0.15, 0.2) is 30.3 Å². The molecule has 25 heavy (non-hydrogen) atoms. The van der Waals surface area contributed by atoms with E-state index in [0.717, 1.165) is 0 Å². The van der Waals surface area contributed by atoms with Crippen molar-refractivity contribution in [1.82, 2.24) is 5.32 Å². The van der Waals surface area contributed by atoms with Gasteiger partial charge in [-0.3, -0.25) is 0 Å². The molecule has 0 saturated heterocycles. The van der Waals surface area contributed by atoms with Crippen LogP contribution in [0.1, 0.15) is 73.8 Å². The van der Waals surface area contributed by atoms with Gasteiger partial charge in [-0.1, -0.05) is 71.4 Å². The number of alkyl carbamates (subject to hydrolysis) is 1. The maximum atomic E-state index is 10.8. The predicted molar refractivity (Wildman–Crippen MR) is 109 cm³/mol. The van der Waals surface area contributed by atoms with Gasteiger partial charge in [-0.15, -0.1) is 0 Å². The number of amides is 1. The maximum absolute atomic E-state index is 10.8. The first-order chi connectivity index (χ1) is 11.9. The summed E-state index contributed by atoms with van der Waals surface area (Å²) in [7, 11) is 0. The largest absolute Gasteiger partial charge is 0.444 e. The Morgan fingerprint density at radius 1 is 1.08 bits per heavy atom. The zero-order valence-corrected chi connectivity index (χ0v) is 17.7. The minimum Gasteiger partial charge on any atom is -0.444 e. The number of carbonyl (C=O) groups excluding carboxylic acids is 1. The van der Waals surface area contributed by atoms with Crippen LogP contribution in [0.2, 0.25) is 0 Å². The molecule has 0 aliphatic heterocycles. The van der Waals surface area contributed by atoms with Crippen molar-refractivity contribution in [2.75, 3.05) is 13.2 Å². The Kier molecular flexibility index (Phi) is 23.2. The first kappa shape index (κ1) is 28.3. The summed E-state index contributed by atoms with van der Waals surface area (Å²) >= 11 is 0. The number of hydrogen-bond acceptors (Lipinski definition) is 3. The van der Waals surface area contributed by atoms with Gasteiger partial charge in [0.1, 0.15) is 5.60 Å². The Morgan fingerprint density at radius 2 is 1.60 bits per heavy atom. The first-order valence-corrected chi connectivity index (χ1v) is 9.50. The van der Waals surface area contributed by atoms with Crippen LogP contribution in [0.5, 0.6) is 0 Å². The number of ether oxygens (including phenoxy) is 1. The molecule has 0 aliphatic rings. The van der Waals surface area contributed by atoms with Gasteiger partial charge < -0.3 is 15.2 Å². The zero-order valence-electron chi connectivity index (χ0n) is 17.7. The molecular weight excluding hydrogens is 314 g/mol. The lowest BCUT2D eigenvalue weighted by Crippen LogP contribution is -2.33. The Bertz CT molecular complexity index is 372. The molecule has 0 heterocycles. The van der Waals surface area contributed by atoms with Crippen molar-refractivity contribution in [2.24, 2.45) is 0 Å². The van der Waals surface area contributed by atoms with E-state index in [1.54, 1.807) is 20.8 Å². The van der Waals surface area contributed by atoms with E-state index >= 15 is 0 Å². The minimum atomic E-state index is -0.494. The molecule has 1 aromatic rings. The molecular formula is C21H41NO3. The lowest BCUT2D eigenvalue weighted by atomic mass is 10.1. The third kappa shape index (κ3) is 24.8. The van der Waals surface area contributed by atoms with Gasteiger partial charge in [-0.2, -0.15) is 0 Å². The van der Waals surface area contributed by atoms with Crippen LogP contribution in [0.3, 0.4) is 0 Å². The molecule has 2 N–H and O–H groups in total. The van der Waals surface area contributed by atoms with Crippen molar-refractivity contribution < 1.29 is 14.6 Å². The van der Waals surface area contributed by atoms with Gasteiger partial charge >= 0.3 is 6.09 Å². The number of benzene rings is 1. The van der Waals surface area contributed by atoms with Crippen molar-refractivity contribution in [3.8, 4) is 0 Å². The van der Waals surface area contributed by atoms with Crippen molar-refractivity contribution in [1.29, 1.82) is 0 Å². The summed E-state index contributed by atoms with van der Waals surface area (Å²) < 4.78 is 4.88. The molecule has 0 radical (unpaired) electrons. The number of carbonyl (C=O) groups is 1. The topological polar surface area (TPSA) is 58.6 Å². The molecule has 0 spiro atoms. The Hall–Kier alpha value is -1.55. The van der Waals surface area contributed by atoms with Gasteiger partial charge in [0, 0.05) is 6.54 Å². The lowest BCUT2D eigenvalue weighted by molar-refractivity contribution is 0.0518. The van der Waals surface area contributed by atoms with Crippen LogP contribution in [-0.4, -0.2) is 30.0 Å². The van der Waals surface area contributed by atoms with E-state index in [4.69, 9.17) is 9.84 Å². The van der Waals surface area contributed by atoms with Crippen molar-refractivity contribution in [2.45, 2.75) is 80.3 Å². The quantitative estimate of drug-likeness (QED) is 0.724. The molecule has 0 fully saturated rings. The van der Waals surface area contributed by atoms with Gasteiger partial charge in [0.2, 0.25) is 0 Å². The summed E-state index contributed by atoms with van der Waals surface area (Å²) in [5.41, 5.74) is 0.990. The third-order valence-electron chi connectivity index (χ3n) is 2.44. The summed E-state index contributed by atoms with van der Waals surface area (Å²) in [4.78, 5) is 10.8. The van der Waals surface area contributed by atoms with E-state index < -0.39 is 11.7 Å². The standard InChI is InChI=1S/C10H14.C7H15NO3.2C2H6/c1-2-3-7-10-8-5-4-6-9-10;1-7(2,3)11-6(10)8-4-5-9;2*1-2/h4-6,8-9H,2-3,7H2,1H3;9H,4-5H2,1-3H3,(H,8,10);2*1-2H3. The lowest BCUT2D eigenvalue weighted by Gasteiger charge is -2.19. The normalized spacial score (nSPS) is 9.16. The molecule has 1 aromatic carbocycles. The highest BCUT2D eigenvalue weighted by Crippen LogP contribution is 2.06. The van der Waals surface area contributed by atoms with E-state index in [-0.39, 0.29) is 13.2 Å². The van der Waals surface area contributed by atoms with E-state index in [1.807, 2.05) is 27.7 Å². The predicted octanol–water partition coefficient (Wildman–Crippen LogP) is 5.59. The highest BCUT2D eigenvalue weighted by Gasteiger charge is 2.14. The Morgan fingerprint density at radius 3 is 2.00 bits per heavy atom. The Labute approximate surface area is 156 Å². The fourth-order valence-electron chi connectivity index (χ4n) is 1.50. The van der Waals surface area contributed by atoms with Crippen LogP contribution >= 0.6 is 0 Å². The number of aryl methyl sites for hydroxylation is 1. The fraction of sp³-hybridized carbons (Fsp3) is 0.667. The number of nitrogens with one attached hydrogen (secondary N) is 1. The SMILES string of the molecule is CC.CC.CC(C)(C)OC(=O)NCCO.CCCCc1ccccc1. The maximum Gasteiger partial charge on any atom is 0.407 e. The van der Waals surface area contributed by atoms with Gasteiger partial charge in [-0.05, 0) is 39.2 Å². The molecule has 0 atom stereocenters. The second kappa shape index (κ2) is 20.5. The molecule has 148 valence electrons. The average molecular weight is 356 g/mol. The van der Waals surface area contributed by atoms with E-state index in [1.165, 1.54) is 24.8 Å². The molecule has 1 rings (SSSR count). The van der Waals surface area contributed by atoms with Gasteiger partial charge in [0.15, 0.2) is 0 Å². The molecule has 0 saturated carbocycles. The molecule has 0 unspecified atom stereocenters. The highest BCUT2D eigenvalue weighted by molar-refractivity contribution is 5.67. The molecule has 0 bridgehead atoms. The summed E-state index contributed by atoms with van der Waals surface area (Å²) in [6.45, 7) is 15.7. The summed E-state index contributed by atoms with van der Waals surface area (Å²) in [6.07, 6.45) is 3.34. The average Bonchev–Trinajstić information content (AvgIpc) is 2.61. The van der Waals surface area contributed by atoms with Gasteiger partial charge in [0.25, 0.3) is 0 Å². The monoisotopic (exact) mass is 355 g/mol. The van der Waals surface area contributed by atoms with E-state index in [0.29, 0.717) is 0 Å².